The second-order valence-corrected chi connectivity index (χ2v) is 5.55. The molecule has 1 aromatic heterocycles. The minimum absolute atomic E-state index is 0.185. The molecular weight excluding hydrogens is 265 g/mol. The highest BCUT2D eigenvalue weighted by molar-refractivity contribution is 5.97. The Labute approximate surface area is 122 Å². The second kappa shape index (κ2) is 5.01. The monoisotopic (exact) mass is 281 g/mol. The standard InChI is InChI=1S/C18H16FNO/c19-17-8-7-14(13-3-1-2-4-15(13)17)16-9-10-21-18(16)11-20-12-5-6-12/h1-4,7-10,12,20H,5-6,11H2. The zero-order valence-electron chi connectivity index (χ0n) is 11.6. The van der Waals surface area contributed by atoms with Crippen molar-refractivity contribution in [2.75, 3.05) is 0 Å². The number of hydrogen-bond donors (Lipinski definition) is 1. The van der Waals surface area contributed by atoms with E-state index in [9.17, 15) is 4.39 Å². The van der Waals surface area contributed by atoms with Crippen molar-refractivity contribution >= 4 is 10.8 Å². The predicted molar refractivity (Wildman–Crippen MR) is 81.5 cm³/mol. The zero-order valence-corrected chi connectivity index (χ0v) is 11.6. The molecule has 2 aromatic carbocycles. The summed E-state index contributed by atoms with van der Waals surface area (Å²) in [4.78, 5) is 0. The number of fused-ring (bicyclic) bond motifs is 1. The van der Waals surface area contributed by atoms with Crippen LogP contribution in [0.4, 0.5) is 4.39 Å². The highest BCUT2D eigenvalue weighted by Crippen LogP contribution is 2.33. The number of halogens is 1. The minimum atomic E-state index is -0.185. The van der Waals surface area contributed by atoms with Gasteiger partial charge in [-0.25, -0.2) is 4.39 Å². The van der Waals surface area contributed by atoms with Gasteiger partial charge in [-0.1, -0.05) is 30.3 Å². The molecule has 1 saturated carbocycles. The number of nitrogens with one attached hydrogen (secondary N) is 1. The van der Waals surface area contributed by atoms with Gasteiger partial charge in [0.1, 0.15) is 11.6 Å². The van der Waals surface area contributed by atoms with Gasteiger partial charge < -0.3 is 9.73 Å². The zero-order chi connectivity index (χ0) is 14.2. The van der Waals surface area contributed by atoms with Crippen molar-refractivity contribution in [1.82, 2.24) is 5.32 Å². The van der Waals surface area contributed by atoms with Crippen molar-refractivity contribution < 1.29 is 8.81 Å². The average Bonchev–Trinajstić information content (AvgIpc) is 3.23. The Balaban J connectivity index is 1.79. The molecule has 0 unspecified atom stereocenters. The van der Waals surface area contributed by atoms with Crippen LogP contribution in [0.3, 0.4) is 0 Å². The van der Waals surface area contributed by atoms with Crippen molar-refractivity contribution in [1.29, 1.82) is 0 Å². The summed E-state index contributed by atoms with van der Waals surface area (Å²) in [5, 5.41) is 5.03. The van der Waals surface area contributed by atoms with Crippen LogP contribution in [0.5, 0.6) is 0 Å². The molecule has 1 aliphatic carbocycles. The summed E-state index contributed by atoms with van der Waals surface area (Å²) in [6, 6.07) is 13.5. The number of rotatable bonds is 4. The molecule has 2 nitrogen and oxygen atoms in total. The Morgan fingerprint density at radius 2 is 1.81 bits per heavy atom. The maximum Gasteiger partial charge on any atom is 0.131 e. The van der Waals surface area contributed by atoms with Gasteiger partial charge in [0, 0.05) is 17.0 Å². The maximum absolute atomic E-state index is 13.9. The molecule has 0 aliphatic heterocycles. The third-order valence-corrected chi connectivity index (χ3v) is 4.04. The van der Waals surface area contributed by atoms with Crippen LogP contribution in [0.2, 0.25) is 0 Å². The molecular formula is C18H16FNO. The van der Waals surface area contributed by atoms with E-state index in [0.717, 1.165) is 28.8 Å². The lowest BCUT2D eigenvalue weighted by Gasteiger charge is -2.08. The first kappa shape index (κ1) is 12.6. The highest BCUT2D eigenvalue weighted by Gasteiger charge is 2.21. The van der Waals surface area contributed by atoms with E-state index in [2.05, 4.69) is 5.32 Å². The normalized spacial score (nSPS) is 14.7. The summed E-state index contributed by atoms with van der Waals surface area (Å²) in [5.74, 6) is 0.731. The maximum atomic E-state index is 13.9. The van der Waals surface area contributed by atoms with Crippen LogP contribution >= 0.6 is 0 Å². The predicted octanol–water partition coefficient (Wildman–Crippen LogP) is 4.49. The summed E-state index contributed by atoms with van der Waals surface area (Å²) in [7, 11) is 0. The molecule has 1 N–H and O–H groups in total. The molecule has 4 rings (SSSR count). The molecule has 1 aliphatic rings. The lowest BCUT2D eigenvalue weighted by atomic mass is 9.98. The molecule has 3 heteroatoms. The lowest BCUT2D eigenvalue weighted by molar-refractivity contribution is 0.483. The van der Waals surface area contributed by atoms with Crippen molar-refractivity contribution in [2.24, 2.45) is 0 Å². The first-order valence-corrected chi connectivity index (χ1v) is 7.30. The molecule has 0 saturated heterocycles. The second-order valence-electron chi connectivity index (χ2n) is 5.55. The SMILES string of the molecule is Fc1ccc(-c2ccoc2CNC2CC2)c2ccccc12. The van der Waals surface area contributed by atoms with E-state index in [4.69, 9.17) is 4.42 Å². The molecule has 3 aromatic rings. The number of hydrogen-bond acceptors (Lipinski definition) is 2. The average molecular weight is 281 g/mol. The van der Waals surface area contributed by atoms with Crippen LogP contribution in [0.25, 0.3) is 21.9 Å². The first-order chi connectivity index (χ1) is 10.3. The minimum Gasteiger partial charge on any atom is -0.467 e. The Kier molecular flexibility index (Phi) is 3.00. The quantitative estimate of drug-likeness (QED) is 0.762. The summed E-state index contributed by atoms with van der Waals surface area (Å²) < 4.78 is 19.6. The fraction of sp³-hybridized carbons (Fsp3) is 0.222. The van der Waals surface area contributed by atoms with Crippen LogP contribution in [0.15, 0.2) is 53.1 Å². The van der Waals surface area contributed by atoms with Crippen LogP contribution < -0.4 is 5.32 Å². The molecule has 0 spiro atoms. The van der Waals surface area contributed by atoms with Gasteiger partial charge >= 0.3 is 0 Å². The van der Waals surface area contributed by atoms with Gasteiger partial charge in [0.15, 0.2) is 0 Å². The van der Waals surface area contributed by atoms with Gasteiger partial charge in [-0.05, 0) is 35.9 Å². The topological polar surface area (TPSA) is 25.2 Å². The van der Waals surface area contributed by atoms with Gasteiger partial charge in [0.05, 0.1) is 12.8 Å². The van der Waals surface area contributed by atoms with Gasteiger partial charge in [0.25, 0.3) is 0 Å². The van der Waals surface area contributed by atoms with Crippen LogP contribution in [0, 0.1) is 5.82 Å². The van der Waals surface area contributed by atoms with Crippen LogP contribution in [-0.4, -0.2) is 6.04 Å². The van der Waals surface area contributed by atoms with Crippen LogP contribution in [-0.2, 0) is 6.54 Å². The molecule has 0 radical (unpaired) electrons. The Bertz CT molecular complexity index is 789. The third-order valence-electron chi connectivity index (χ3n) is 4.04. The first-order valence-electron chi connectivity index (χ1n) is 7.30. The summed E-state index contributed by atoms with van der Waals surface area (Å²) in [6.45, 7) is 0.721. The van der Waals surface area contributed by atoms with Gasteiger partial charge in [-0.3, -0.25) is 0 Å². The van der Waals surface area contributed by atoms with Crippen molar-refractivity contribution in [2.45, 2.75) is 25.4 Å². The van der Waals surface area contributed by atoms with E-state index in [1.54, 1.807) is 6.26 Å². The molecule has 106 valence electrons. The van der Waals surface area contributed by atoms with E-state index in [1.165, 1.54) is 18.9 Å². The lowest BCUT2D eigenvalue weighted by Crippen LogP contribution is -2.15. The fourth-order valence-corrected chi connectivity index (χ4v) is 2.74. The third kappa shape index (κ3) is 2.34. The number of furan rings is 1. The summed E-state index contributed by atoms with van der Waals surface area (Å²) in [6.07, 6.45) is 4.20. The Morgan fingerprint density at radius 3 is 2.62 bits per heavy atom. The van der Waals surface area contributed by atoms with Crippen molar-refractivity contribution in [3.8, 4) is 11.1 Å². The molecule has 1 heterocycles. The molecule has 21 heavy (non-hydrogen) atoms. The number of benzene rings is 2. The smallest absolute Gasteiger partial charge is 0.131 e. The van der Waals surface area contributed by atoms with Crippen molar-refractivity contribution in [3.05, 3.63) is 60.3 Å². The Hall–Kier alpha value is -2.13. The van der Waals surface area contributed by atoms with E-state index in [-0.39, 0.29) is 5.82 Å². The summed E-state index contributed by atoms with van der Waals surface area (Å²) in [5.41, 5.74) is 2.06. The summed E-state index contributed by atoms with van der Waals surface area (Å²) >= 11 is 0. The van der Waals surface area contributed by atoms with Gasteiger partial charge in [-0.2, -0.15) is 0 Å². The fourth-order valence-electron chi connectivity index (χ4n) is 2.74. The molecule has 0 atom stereocenters. The Morgan fingerprint density at radius 1 is 1.00 bits per heavy atom. The van der Waals surface area contributed by atoms with E-state index < -0.39 is 0 Å². The van der Waals surface area contributed by atoms with Gasteiger partial charge in [0.2, 0.25) is 0 Å². The van der Waals surface area contributed by atoms with Gasteiger partial charge in [-0.15, -0.1) is 0 Å². The van der Waals surface area contributed by atoms with E-state index in [1.807, 2.05) is 36.4 Å². The highest BCUT2D eigenvalue weighted by atomic mass is 19.1. The van der Waals surface area contributed by atoms with E-state index in [0.29, 0.717) is 11.4 Å². The molecule has 0 amide bonds. The van der Waals surface area contributed by atoms with E-state index >= 15 is 0 Å². The molecule has 1 fully saturated rings. The van der Waals surface area contributed by atoms with Crippen LogP contribution in [0.1, 0.15) is 18.6 Å². The molecule has 0 bridgehead atoms. The largest absolute Gasteiger partial charge is 0.467 e. The van der Waals surface area contributed by atoms with Crippen molar-refractivity contribution in [3.63, 3.8) is 0 Å².